The van der Waals surface area contributed by atoms with Crippen LogP contribution in [-0.2, 0) is 9.59 Å². The van der Waals surface area contributed by atoms with Gasteiger partial charge in [0.15, 0.2) is 0 Å². The number of nitrogens with zero attached hydrogens (tertiary/aromatic N) is 4. The number of para-hydroxylation sites is 2. The van der Waals surface area contributed by atoms with E-state index >= 15 is 0 Å². The maximum absolute atomic E-state index is 9.55. The van der Waals surface area contributed by atoms with Gasteiger partial charge in [-0.1, -0.05) is 19.1 Å². The zero-order valence-electron chi connectivity index (χ0n) is 17.6. The second kappa shape index (κ2) is 10.2. The Kier molecular flexibility index (Phi) is 7.43. The van der Waals surface area contributed by atoms with Crippen molar-refractivity contribution < 1.29 is 19.8 Å². The Hall–Kier alpha value is -3.17. The number of amidine groups is 1. The lowest BCUT2D eigenvalue weighted by Crippen LogP contribution is -2.48. The number of rotatable bonds is 3. The fourth-order valence-corrected chi connectivity index (χ4v) is 4.37. The van der Waals surface area contributed by atoms with Gasteiger partial charge in [-0.25, -0.2) is 14.6 Å². The summed E-state index contributed by atoms with van der Waals surface area (Å²) < 4.78 is 0. The molecule has 2 aliphatic heterocycles. The number of thiophene rings is 1. The van der Waals surface area contributed by atoms with E-state index in [4.69, 9.17) is 15.2 Å². The quantitative estimate of drug-likeness (QED) is 0.704. The minimum absolute atomic E-state index is 0.558. The maximum Gasteiger partial charge on any atom is 0.328 e. The molecule has 0 atom stereocenters. The van der Waals surface area contributed by atoms with Gasteiger partial charge in [-0.3, -0.25) is 0 Å². The van der Waals surface area contributed by atoms with E-state index in [0.717, 1.165) is 44.2 Å². The molecule has 8 nitrogen and oxygen atoms in total. The first-order valence-electron chi connectivity index (χ1n) is 10.00. The molecule has 2 aliphatic rings. The molecule has 1 saturated heterocycles. The van der Waals surface area contributed by atoms with Crippen LogP contribution >= 0.6 is 11.3 Å². The Balaban J connectivity index is 0.000000293. The third-order valence-corrected chi connectivity index (χ3v) is 5.93. The number of aliphatic imine (C=N–C) groups is 1. The van der Waals surface area contributed by atoms with Crippen LogP contribution in [-0.4, -0.2) is 77.6 Å². The van der Waals surface area contributed by atoms with Crippen molar-refractivity contribution in [1.82, 2.24) is 9.80 Å². The van der Waals surface area contributed by atoms with Gasteiger partial charge < -0.3 is 24.9 Å². The highest BCUT2D eigenvalue weighted by Crippen LogP contribution is 2.40. The largest absolute Gasteiger partial charge is 0.478 e. The second-order valence-corrected chi connectivity index (χ2v) is 7.83. The number of hydrogen-bond acceptors (Lipinski definition) is 7. The van der Waals surface area contributed by atoms with Gasteiger partial charge in [0.05, 0.1) is 22.6 Å². The van der Waals surface area contributed by atoms with Gasteiger partial charge >= 0.3 is 11.9 Å². The molecule has 0 aliphatic carbocycles. The standard InChI is InChI=1S/C18H22N4S.C4H4O4/c1-3-21-8-10-22(11-9-21)18-14-12-23-13-17(14)20(2)16-7-5-4-6-15(16)19-18;5-3(6)1-2-4(7)8/h4-7,12-13H,3,8-11H2,1-2H3;1-2H,(H,5,6)(H,7,8)/b;2-1+. The summed E-state index contributed by atoms with van der Waals surface area (Å²) in [6, 6.07) is 8.42. The number of aliphatic carboxylic acids is 2. The topological polar surface area (TPSA) is 96.7 Å². The SMILES string of the molecule is CCN1CCN(C2=Nc3ccccc3N(C)c3cscc32)CC1.O=C(O)/C=C/C(=O)O. The first kappa shape index (κ1) is 22.5. The normalized spacial score (nSPS) is 16.0. The Labute approximate surface area is 185 Å². The molecule has 0 bridgehead atoms. The average molecular weight is 443 g/mol. The van der Waals surface area contributed by atoms with Crippen molar-refractivity contribution in [2.45, 2.75) is 6.92 Å². The molecule has 2 aromatic rings. The zero-order valence-corrected chi connectivity index (χ0v) is 18.4. The minimum atomic E-state index is -1.26. The average Bonchev–Trinajstić information content (AvgIpc) is 3.22. The number of hydrogen-bond donors (Lipinski definition) is 2. The molecule has 0 spiro atoms. The molecular formula is C22H26N4O4S. The van der Waals surface area contributed by atoms with E-state index in [2.05, 4.69) is 63.7 Å². The van der Waals surface area contributed by atoms with E-state index in [-0.39, 0.29) is 0 Å². The third kappa shape index (κ3) is 5.50. The molecule has 31 heavy (non-hydrogen) atoms. The number of carbonyl (C=O) groups is 2. The molecule has 3 heterocycles. The lowest BCUT2D eigenvalue weighted by atomic mass is 10.2. The van der Waals surface area contributed by atoms with Crippen LogP contribution in [0.1, 0.15) is 12.5 Å². The molecule has 164 valence electrons. The summed E-state index contributed by atoms with van der Waals surface area (Å²) in [5, 5.41) is 20.1. The van der Waals surface area contributed by atoms with Crippen LogP contribution in [0.2, 0.25) is 0 Å². The van der Waals surface area contributed by atoms with Crippen LogP contribution in [0.4, 0.5) is 17.1 Å². The molecule has 0 amide bonds. The maximum atomic E-state index is 9.55. The summed E-state index contributed by atoms with van der Waals surface area (Å²) in [4.78, 5) is 31.4. The van der Waals surface area contributed by atoms with Crippen molar-refractivity contribution in [3.05, 3.63) is 52.7 Å². The number of fused-ring (bicyclic) bond motifs is 2. The van der Waals surface area contributed by atoms with Gasteiger partial charge in [0.25, 0.3) is 0 Å². The molecule has 4 rings (SSSR count). The Morgan fingerprint density at radius 1 is 1.03 bits per heavy atom. The molecular weight excluding hydrogens is 416 g/mol. The van der Waals surface area contributed by atoms with Gasteiger partial charge in [-0.2, -0.15) is 0 Å². The van der Waals surface area contributed by atoms with Gasteiger partial charge in [0, 0.05) is 56.1 Å². The number of carboxylic acids is 2. The number of anilines is 2. The highest BCUT2D eigenvalue weighted by molar-refractivity contribution is 7.08. The van der Waals surface area contributed by atoms with Gasteiger partial charge in [0.1, 0.15) is 5.84 Å². The summed E-state index contributed by atoms with van der Waals surface area (Å²) >= 11 is 1.76. The van der Waals surface area contributed by atoms with Crippen molar-refractivity contribution in [3.63, 3.8) is 0 Å². The molecule has 1 aromatic carbocycles. The highest BCUT2D eigenvalue weighted by atomic mass is 32.1. The van der Waals surface area contributed by atoms with Crippen molar-refractivity contribution in [3.8, 4) is 0 Å². The molecule has 1 fully saturated rings. The fourth-order valence-electron chi connectivity index (χ4n) is 3.52. The minimum Gasteiger partial charge on any atom is -0.478 e. The van der Waals surface area contributed by atoms with Crippen LogP contribution in [0, 0.1) is 0 Å². The van der Waals surface area contributed by atoms with Crippen molar-refractivity contribution >= 4 is 46.2 Å². The van der Waals surface area contributed by atoms with Crippen molar-refractivity contribution in [1.29, 1.82) is 0 Å². The molecule has 0 saturated carbocycles. The highest BCUT2D eigenvalue weighted by Gasteiger charge is 2.26. The predicted octanol–water partition coefficient (Wildman–Crippen LogP) is 3.26. The smallest absolute Gasteiger partial charge is 0.328 e. The van der Waals surface area contributed by atoms with Crippen molar-refractivity contribution in [2.75, 3.05) is 44.7 Å². The van der Waals surface area contributed by atoms with Gasteiger partial charge in [-0.15, -0.1) is 11.3 Å². The number of carboxylic acid groups (broad SMARTS) is 2. The van der Waals surface area contributed by atoms with Crippen LogP contribution in [0.3, 0.4) is 0 Å². The zero-order chi connectivity index (χ0) is 22.4. The van der Waals surface area contributed by atoms with Crippen molar-refractivity contribution in [2.24, 2.45) is 4.99 Å². The summed E-state index contributed by atoms with van der Waals surface area (Å²) in [5.41, 5.74) is 4.76. The van der Waals surface area contributed by atoms with E-state index in [1.165, 1.54) is 16.9 Å². The van der Waals surface area contributed by atoms with Gasteiger partial charge in [0.2, 0.25) is 0 Å². The second-order valence-electron chi connectivity index (χ2n) is 7.08. The van der Waals surface area contributed by atoms with Crippen LogP contribution in [0.25, 0.3) is 0 Å². The molecule has 9 heteroatoms. The Morgan fingerprint density at radius 2 is 1.68 bits per heavy atom. The summed E-state index contributed by atoms with van der Waals surface area (Å²) in [6.45, 7) is 7.71. The summed E-state index contributed by atoms with van der Waals surface area (Å²) in [7, 11) is 2.14. The predicted molar refractivity (Wildman–Crippen MR) is 123 cm³/mol. The first-order valence-corrected chi connectivity index (χ1v) is 10.9. The number of benzene rings is 1. The van der Waals surface area contributed by atoms with E-state index in [9.17, 15) is 9.59 Å². The first-order chi connectivity index (χ1) is 14.9. The number of likely N-dealkylation sites (N-methyl/N-ethyl adjacent to an activating group) is 1. The third-order valence-electron chi connectivity index (χ3n) is 5.20. The fraction of sp³-hybridized carbons (Fsp3) is 0.318. The van der Waals surface area contributed by atoms with E-state index in [1.54, 1.807) is 11.3 Å². The Morgan fingerprint density at radius 3 is 2.29 bits per heavy atom. The lowest BCUT2D eigenvalue weighted by Gasteiger charge is -2.36. The molecule has 0 radical (unpaired) electrons. The molecule has 0 unspecified atom stereocenters. The lowest BCUT2D eigenvalue weighted by molar-refractivity contribution is -0.134. The van der Waals surface area contributed by atoms with E-state index in [1.807, 2.05) is 0 Å². The van der Waals surface area contributed by atoms with E-state index < -0.39 is 11.9 Å². The summed E-state index contributed by atoms with van der Waals surface area (Å²) in [6.07, 6.45) is 1.12. The Bertz CT molecular complexity index is 977. The monoisotopic (exact) mass is 442 g/mol. The number of piperazine rings is 1. The summed E-state index contributed by atoms with van der Waals surface area (Å²) in [5.74, 6) is -1.38. The van der Waals surface area contributed by atoms with Crippen LogP contribution in [0.5, 0.6) is 0 Å². The molecule has 1 aromatic heterocycles. The van der Waals surface area contributed by atoms with Gasteiger partial charge in [-0.05, 0) is 18.7 Å². The van der Waals surface area contributed by atoms with E-state index in [0.29, 0.717) is 12.2 Å². The molecule has 2 N–H and O–H groups in total. The van der Waals surface area contributed by atoms with Crippen LogP contribution in [0.15, 0.2) is 52.2 Å². The van der Waals surface area contributed by atoms with Crippen LogP contribution < -0.4 is 4.90 Å².